The molecule has 7 heteroatoms. The van der Waals surface area contributed by atoms with Gasteiger partial charge in [0.2, 0.25) is 0 Å². The van der Waals surface area contributed by atoms with Crippen molar-refractivity contribution in [1.82, 2.24) is 9.47 Å². The minimum Gasteiger partial charge on any atom is -0.342 e. The van der Waals surface area contributed by atoms with Gasteiger partial charge in [-0.2, -0.15) is 0 Å². The fraction of sp³-hybridized carbons (Fsp3) is 0.308. The van der Waals surface area contributed by atoms with E-state index in [1.54, 1.807) is 4.90 Å². The maximum atomic E-state index is 13.2. The highest BCUT2D eigenvalue weighted by molar-refractivity contribution is 9.10. The third-order valence-corrected chi connectivity index (χ3v) is 8.94. The number of carbonyl (C=O) groups is 1. The van der Waals surface area contributed by atoms with Gasteiger partial charge in [-0.15, -0.1) is 0 Å². The molecule has 1 aliphatic heterocycles. The number of carbonyl (C=O) groups excluding carboxylic acids is 1. The number of thioether (sulfide) groups is 1. The highest BCUT2D eigenvalue weighted by atomic mass is 79.9. The van der Waals surface area contributed by atoms with E-state index in [-0.39, 0.29) is 5.91 Å². The van der Waals surface area contributed by atoms with Gasteiger partial charge >= 0.3 is 0 Å². The fourth-order valence-corrected chi connectivity index (χ4v) is 6.70. The van der Waals surface area contributed by atoms with Crippen molar-refractivity contribution in [3.63, 3.8) is 0 Å². The number of hydrogen-bond donors (Lipinski definition) is 0. The molecule has 0 unspecified atom stereocenters. The number of halogens is 2. The molecule has 2 aliphatic rings. The second kappa shape index (κ2) is 10.1. The van der Waals surface area contributed by atoms with E-state index in [1.165, 1.54) is 43.0 Å². The van der Waals surface area contributed by atoms with E-state index in [1.807, 2.05) is 6.08 Å². The van der Waals surface area contributed by atoms with E-state index in [0.29, 0.717) is 9.23 Å². The Bertz CT molecular complexity index is 1240. The number of hydrogen-bond acceptors (Lipinski definition) is 3. The molecule has 170 valence electrons. The van der Waals surface area contributed by atoms with E-state index in [9.17, 15) is 4.79 Å². The maximum Gasteiger partial charge on any atom is 0.266 e. The van der Waals surface area contributed by atoms with Crippen LogP contribution in [-0.4, -0.2) is 26.2 Å². The van der Waals surface area contributed by atoms with Crippen molar-refractivity contribution in [2.45, 2.75) is 38.6 Å². The van der Waals surface area contributed by atoms with Crippen molar-refractivity contribution in [3.05, 3.63) is 73.6 Å². The molecule has 5 rings (SSSR count). The Morgan fingerprint density at radius 3 is 2.55 bits per heavy atom. The van der Waals surface area contributed by atoms with Gasteiger partial charge < -0.3 is 4.57 Å². The summed E-state index contributed by atoms with van der Waals surface area (Å²) in [5.41, 5.74) is 3.41. The van der Waals surface area contributed by atoms with Crippen LogP contribution < -0.4 is 0 Å². The number of rotatable bonds is 6. The van der Waals surface area contributed by atoms with Gasteiger partial charge in [-0.25, -0.2) is 0 Å². The third-order valence-electron chi connectivity index (χ3n) is 6.54. The van der Waals surface area contributed by atoms with Crippen LogP contribution in [0, 0.1) is 5.92 Å². The van der Waals surface area contributed by atoms with Crippen molar-refractivity contribution < 1.29 is 4.79 Å². The first-order chi connectivity index (χ1) is 16.0. The summed E-state index contributed by atoms with van der Waals surface area (Å²) >= 11 is 14.1. The van der Waals surface area contributed by atoms with Crippen LogP contribution in [0.3, 0.4) is 0 Å². The van der Waals surface area contributed by atoms with Crippen LogP contribution in [-0.2, 0) is 11.3 Å². The Morgan fingerprint density at radius 1 is 1.06 bits per heavy atom. The summed E-state index contributed by atoms with van der Waals surface area (Å²) < 4.78 is 5.03. The van der Waals surface area contributed by atoms with Crippen molar-refractivity contribution in [2.24, 2.45) is 5.92 Å². The SMILES string of the molecule is O=C1/C(=C/c2cn(Cc3ccc(Br)cc3)c3ccc(Br)cc23)SC(=S)N1CCC1CCCC1. The number of thiocarbonyl (C=S) groups is 1. The van der Waals surface area contributed by atoms with E-state index < -0.39 is 0 Å². The third kappa shape index (κ3) is 5.16. The molecule has 2 aromatic carbocycles. The molecule has 1 saturated heterocycles. The molecular formula is C26H24Br2N2OS2. The monoisotopic (exact) mass is 602 g/mol. The predicted molar refractivity (Wildman–Crippen MR) is 149 cm³/mol. The van der Waals surface area contributed by atoms with Gasteiger partial charge in [-0.05, 0) is 54.3 Å². The minimum absolute atomic E-state index is 0.0480. The number of fused-ring (bicyclic) bond motifs is 1. The highest BCUT2D eigenvalue weighted by Gasteiger charge is 2.32. The number of aromatic nitrogens is 1. The summed E-state index contributed by atoms with van der Waals surface area (Å²) in [6, 6.07) is 14.7. The zero-order chi connectivity index (χ0) is 22.9. The fourth-order valence-electron chi connectivity index (χ4n) is 4.77. The molecule has 1 aliphatic carbocycles. The quantitative estimate of drug-likeness (QED) is 0.211. The molecule has 1 saturated carbocycles. The zero-order valence-electron chi connectivity index (χ0n) is 18.1. The Kier molecular flexibility index (Phi) is 7.12. The molecule has 0 atom stereocenters. The van der Waals surface area contributed by atoms with Gasteiger partial charge in [-0.3, -0.25) is 9.69 Å². The van der Waals surface area contributed by atoms with Crippen LogP contribution in [0.15, 0.2) is 62.5 Å². The zero-order valence-corrected chi connectivity index (χ0v) is 22.9. The second-order valence-corrected chi connectivity index (χ2v) is 12.3. The highest BCUT2D eigenvalue weighted by Crippen LogP contribution is 2.36. The van der Waals surface area contributed by atoms with Gasteiger partial charge in [-0.1, -0.05) is 93.7 Å². The molecule has 33 heavy (non-hydrogen) atoms. The lowest BCUT2D eigenvalue weighted by molar-refractivity contribution is -0.122. The number of nitrogens with zero attached hydrogens (tertiary/aromatic N) is 2. The molecule has 3 nitrogen and oxygen atoms in total. The molecule has 1 aromatic heterocycles. The van der Waals surface area contributed by atoms with Gasteiger partial charge in [0, 0.05) is 44.7 Å². The van der Waals surface area contributed by atoms with Crippen LogP contribution in [0.4, 0.5) is 0 Å². The van der Waals surface area contributed by atoms with Crippen molar-refractivity contribution in [3.8, 4) is 0 Å². The molecule has 1 amide bonds. The smallest absolute Gasteiger partial charge is 0.266 e. The Hall–Kier alpha value is -1.41. The van der Waals surface area contributed by atoms with Gasteiger partial charge in [0.05, 0.1) is 4.91 Å². The van der Waals surface area contributed by atoms with Crippen LogP contribution >= 0.6 is 55.8 Å². The summed E-state index contributed by atoms with van der Waals surface area (Å²) in [5, 5.41) is 1.12. The predicted octanol–water partition coefficient (Wildman–Crippen LogP) is 8.00. The lowest BCUT2D eigenvalue weighted by Gasteiger charge is -2.17. The maximum absolute atomic E-state index is 13.2. The van der Waals surface area contributed by atoms with E-state index >= 15 is 0 Å². The van der Waals surface area contributed by atoms with Crippen molar-refractivity contribution >= 4 is 83.0 Å². The molecule has 0 radical (unpaired) electrons. The van der Waals surface area contributed by atoms with Gasteiger partial charge in [0.1, 0.15) is 4.32 Å². The molecule has 0 N–H and O–H groups in total. The van der Waals surface area contributed by atoms with Crippen LogP contribution in [0.25, 0.3) is 17.0 Å². The van der Waals surface area contributed by atoms with Crippen LogP contribution in [0.5, 0.6) is 0 Å². The van der Waals surface area contributed by atoms with Gasteiger partial charge in [0.15, 0.2) is 0 Å². The standard InChI is InChI=1S/C26H24Br2N2OS2/c27-20-7-5-18(6-8-20)15-29-16-19(22-14-21(28)9-10-23(22)29)13-24-25(31)30(26(32)33-24)12-11-17-3-1-2-4-17/h5-10,13-14,16-17H,1-4,11-12,15H2/b24-13-. The first kappa shape index (κ1) is 23.3. The Balaban J connectivity index is 1.42. The largest absolute Gasteiger partial charge is 0.342 e. The molecule has 0 spiro atoms. The summed E-state index contributed by atoms with van der Waals surface area (Å²) in [7, 11) is 0. The number of amides is 1. The molecule has 3 aromatic rings. The van der Waals surface area contributed by atoms with Crippen LogP contribution in [0.1, 0.15) is 43.2 Å². The minimum atomic E-state index is 0.0480. The summed E-state index contributed by atoms with van der Waals surface area (Å²) in [5.74, 6) is 0.791. The second-order valence-electron chi connectivity index (χ2n) is 8.77. The van der Waals surface area contributed by atoms with E-state index in [0.717, 1.165) is 50.8 Å². The Labute approximate surface area is 220 Å². The molecular weight excluding hydrogens is 580 g/mol. The average molecular weight is 604 g/mol. The average Bonchev–Trinajstić information content (AvgIpc) is 3.49. The normalized spacial score (nSPS) is 18.4. The first-order valence-corrected chi connectivity index (χ1v) is 14.1. The van der Waals surface area contributed by atoms with Crippen LogP contribution in [0.2, 0.25) is 0 Å². The molecule has 2 heterocycles. The topological polar surface area (TPSA) is 25.2 Å². The lowest BCUT2D eigenvalue weighted by atomic mass is 10.0. The summed E-state index contributed by atoms with van der Waals surface area (Å²) in [4.78, 5) is 15.7. The Morgan fingerprint density at radius 2 is 1.79 bits per heavy atom. The summed E-state index contributed by atoms with van der Waals surface area (Å²) in [6.45, 7) is 1.51. The lowest BCUT2D eigenvalue weighted by Crippen LogP contribution is -2.30. The van der Waals surface area contributed by atoms with E-state index in [2.05, 4.69) is 85.1 Å². The summed E-state index contributed by atoms with van der Waals surface area (Å²) in [6.07, 6.45) is 10.4. The molecule has 0 bridgehead atoms. The molecule has 2 fully saturated rings. The number of benzene rings is 2. The van der Waals surface area contributed by atoms with Crippen molar-refractivity contribution in [2.75, 3.05) is 6.54 Å². The first-order valence-electron chi connectivity index (χ1n) is 11.3. The van der Waals surface area contributed by atoms with Crippen molar-refractivity contribution in [1.29, 1.82) is 0 Å². The van der Waals surface area contributed by atoms with E-state index in [4.69, 9.17) is 12.2 Å². The van der Waals surface area contributed by atoms with Gasteiger partial charge in [0.25, 0.3) is 5.91 Å².